The number of anilines is 2. The molecule has 0 aromatic heterocycles. The number of alkyl halides is 3. The Hall–Kier alpha value is -1.24. The molecule has 1 aliphatic heterocycles. The molecular formula is C16H20BrF3N2O. The Morgan fingerprint density at radius 3 is 2.61 bits per heavy atom. The fraction of sp³-hybridized carbons (Fsp3) is 0.562. The quantitative estimate of drug-likeness (QED) is 0.741. The predicted octanol–water partition coefficient (Wildman–Crippen LogP) is 4.74. The van der Waals surface area contributed by atoms with Crippen LogP contribution in [0.3, 0.4) is 0 Å². The van der Waals surface area contributed by atoms with Crippen LogP contribution in [0.5, 0.6) is 0 Å². The molecule has 1 fully saturated rings. The first-order chi connectivity index (χ1) is 10.8. The number of rotatable bonds is 3. The summed E-state index contributed by atoms with van der Waals surface area (Å²) in [5.74, 6) is -1.84. The second kappa shape index (κ2) is 7.11. The number of hydrogen-bond acceptors (Lipinski definition) is 2. The van der Waals surface area contributed by atoms with Gasteiger partial charge in [-0.15, -0.1) is 0 Å². The van der Waals surface area contributed by atoms with E-state index in [4.69, 9.17) is 0 Å². The molecule has 7 heteroatoms. The summed E-state index contributed by atoms with van der Waals surface area (Å²) in [6, 6.07) is 5.34. The monoisotopic (exact) mass is 392 g/mol. The number of carbonyl (C=O) groups excluding carboxylic acids is 1. The van der Waals surface area contributed by atoms with E-state index >= 15 is 0 Å². The van der Waals surface area contributed by atoms with Crippen molar-refractivity contribution in [3.05, 3.63) is 22.7 Å². The molecule has 0 unspecified atom stereocenters. The molecule has 23 heavy (non-hydrogen) atoms. The van der Waals surface area contributed by atoms with Crippen LogP contribution in [-0.4, -0.2) is 31.2 Å². The molecule has 3 nitrogen and oxygen atoms in total. The van der Waals surface area contributed by atoms with Gasteiger partial charge in [0.2, 0.25) is 0 Å². The highest BCUT2D eigenvalue weighted by Crippen LogP contribution is 2.35. The number of carbonyl (C=O) groups is 1. The third kappa shape index (κ3) is 4.00. The molecule has 1 saturated heterocycles. The smallest absolute Gasteiger partial charge is 0.368 e. The minimum Gasteiger partial charge on any atom is -0.368 e. The van der Waals surface area contributed by atoms with E-state index in [0.717, 1.165) is 30.0 Å². The van der Waals surface area contributed by atoms with Gasteiger partial charge in [0.1, 0.15) is 0 Å². The van der Waals surface area contributed by atoms with Gasteiger partial charge in [-0.2, -0.15) is 13.2 Å². The molecule has 0 N–H and O–H groups in total. The van der Waals surface area contributed by atoms with E-state index in [2.05, 4.69) is 27.8 Å². The number of piperidine rings is 1. The molecule has 128 valence electrons. The highest BCUT2D eigenvalue weighted by molar-refractivity contribution is 9.10. The molecular weight excluding hydrogens is 373 g/mol. The minimum absolute atomic E-state index is 0.0375. The first-order valence-corrected chi connectivity index (χ1v) is 8.50. The van der Waals surface area contributed by atoms with Crippen molar-refractivity contribution < 1.29 is 18.0 Å². The Bertz CT molecular complexity index is 577. The van der Waals surface area contributed by atoms with Gasteiger partial charge in [0.25, 0.3) is 0 Å². The van der Waals surface area contributed by atoms with Crippen molar-refractivity contribution in [2.75, 3.05) is 22.9 Å². The van der Waals surface area contributed by atoms with Gasteiger partial charge in [-0.3, -0.25) is 4.79 Å². The second-order valence-electron chi connectivity index (χ2n) is 5.72. The van der Waals surface area contributed by atoms with E-state index in [0.29, 0.717) is 10.5 Å². The average Bonchev–Trinajstić information content (AvgIpc) is 2.48. The van der Waals surface area contributed by atoms with Crippen molar-refractivity contribution >= 4 is 33.2 Å². The second-order valence-corrected chi connectivity index (χ2v) is 6.58. The van der Waals surface area contributed by atoms with Crippen LogP contribution < -0.4 is 9.80 Å². The van der Waals surface area contributed by atoms with Crippen LogP contribution in [0.15, 0.2) is 22.7 Å². The Kier molecular flexibility index (Phi) is 5.60. The molecule has 1 amide bonds. The zero-order valence-corrected chi connectivity index (χ0v) is 14.7. The van der Waals surface area contributed by atoms with Crippen LogP contribution in [-0.2, 0) is 4.79 Å². The summed E-state index contributed by atoms with van der Waals surface area (Å²) in [5, 5.41) is 0. The maximum Gasteiger partial charge on any atom is 0.471 e. The van der Waals surface area contributed by atoms with Crippen LogP contribution in [0.1, 0.15) is 33.1 Å². The Morgan fingerprint density at radius 2 is 2.09 bits per heavy atom. The van der Waals surface area contributed by atoms with Crippen molar-refractivity contribution in [1.29, 1.82) is 0 Å². The van der Waals surface area contributed by atoms with Crippen molar-refractivity contribution in [2.45, 2.75) is 45.3 Å². The summed E-state index contributed by atoms with van der Waals surface area (Å²) in [6.45, 7) is 4.56. The number of benzene rings is 1. The highest BCUT2D eigenvalue weighted by Gasteiger charge is 2.42. The van der Waals surface area contributed by atoms with E-state index in [-0.39, 0.29) is 12.2 Å². The Labute approximate surface area is 142 Å². The van der Waals surface area contributed by atoms with Gasteiger partial charge in [-0.1, -0.05) is 0 Å². The number of nitrogens with zero attached hydrogens (tertiary/aromatic N) is 2. The third-order valence-electron chi connectivity index (χ3n) is 4.16. The van der Waals surface area contributed by atoms with Crippen molar-refractivity contribution in [3.8, 4) is 0 Å². The normalized spacial score (nSPS) is 18.9. The summed E-state index contributed by atoms with van der Waals surface area (Å²) in [5.41, 5.74) is 1.20. The fourth-order valence-electron chi connectivity index (χ4n) is 2.95. The molecule has 1 aromatic carbocycles. The van der Waals surface area contributed by atoms with E-state index in [1.54, 1.807) is 18.2 Å². The maximum atomic E-state index is 12.7. The van der Waals surface area contributed by atoms with Crippen molar-refractivity contribution in [3.63, 3.8) is 0 Å². The van der Waals surface area contributed by atoms with Gasteiger partial charge < -0.3 is 9.80 Å². The van der Waals surface area contributed by atoms with E-state index < -0.39 is 12.1 Å². The zero-order chi connectivity index (χ0) is 17.2. The summed E-state index contributed by atoms with van der Waals surface area (Å²) in [4.78, 5) is 14.5. The van der Waals surface area contributed by atoms with E-state index in [9.17, 15) is 18.0 Å². The highest BCUT2D eigenvalue weighted by atomic mass is 79.9. The van der Waals surface area contributed by atoms with Gasteiger partial charge >= 0.3 is 12.1 Å². The topological polar surface area (TPSA) is 23.6 Å². The van der Waals surface area contributed by atoms with Crippen molar-refractivity contribution in [1.82, 2.24) is 0 Å². The lowest BCUT2D eigenvalue weighted by Crippen LogP contribution is -2.41. The molecule has 0 bridgehead atoms. The summed E-state index contributed by atoms with van der Waals surface area (Å²) in [6.07, 6.45) is -1.48. The summed E-state index contributed by atoms with van der Waals surface area (Å²) in [7, 11) is 0. The fourth-order valence-corrected chi connectivity index (χ4v) is 3.54. The molecule has 1 heterocycles. The number of hydrogen-bond donors (Lipinski definition) is 0. The van der Waals surface area contributed by atoms with Gasteiger partial charge in [0.15, 0.2) is 0 Å². The molecule has 1 atom stereocenters. The van der Waals surface area contributed by atoms with Crippen LogP contribution in [0.25, 0.3) is 0 Å². The maximum absolute atomic E-state index is 12.7. The Balaban J connectivity index is 2.29. The SMILES string of the molecule is CCN(C(=O)C(F)(F)F)c1ccc(N2CCCC[C@@H]2C)c(Br)c1. The molecule has 1 aliphatic rings. The Morgan fingerprint density at radius 1 is 1.39 bits per heavy atom. The number of amides is 1. The zero-order valence-electron chi connectivity index (χ0n) is 13.2. The van der Waals surface area contributed by atoms with E-state index in [1.807, 2.05) is 0 Å². The standard InChI is InChI=1S/C16H20BrF3N2O/c1-3-21(15(23)16(18,19)20)12-7-8-14(13(17)10-12)22-9-5-4-6-11(22)2/h7-8,10-11H,3-6,9H2,1-2H3/t11-/m0/s1. The molecule has 1 aromatic rings. The lowest BCUT2D eigenvalue weighted by Gasteiger charge is -2.36. The summed E-state index contributed by atoms with van der Waals surface area (Å²) < 4.78 is 38.8. The average molecular weight is 393 g/mol. The van der Waals surface area contributed by atoms with Crippen LogP contribution >= 0.6 is 15.9 Å². The summed E-state index contributed by atoms with van der Waals surface area (Å²) >= 11 is 3.45. The first kappa shape index (κ1) is 18.1. The molecule has 2 rings (SSSR count). The predicted molar refractivity (Wildman–Crippen MR) is 88.9 cm³/mol. The van der Waals surface area contributed by atoms with Crippen LogP contribution in [0, 0.1) is 0 Å². The lowest BCUT2D eigenvalue weighted by atomic mass is 10.0. The minimum atomic E-state index is -4.87. The lowest BCUT2D eigenvalue weighted by molar-refractivity contribution is -0.170. The van der Waals surface area contributed by atoms with E-state index in [1.165, 1.54) is 13.3 Å². The molecule has 0 spiro atoms. The third-order valence-corrected chi connectivity index (χ3v) is 4.79. The van der Waals surface area contributed by atoms with Gasteiger partial charge in [0.05, 0.1) is 5.69 Å². The van der Waals surface area contributed by atoms with Crippen LogP contribution in [0.4, 0.5) is 24.5 Å². The van der Waals surface area contributed by atoms with Gasteiger partial charge in [-0.25, -0.2) is 0 Å². The molecule has 0 radical (unpaired) electrons. The van der Waals surface area contributed by atoms with Gasteiger partial charge in [-0.05, 0) is 67.2 Å². The molecule has 0 aliphatic carbocycles. The molecule has 0 saturated carbocycles. The largest absolute Gasteiger partial charge is 0.471 e. The van der Waals surface area contributed by atoms with Crippen LogP contribution in [0.2, 0.25) is 0 Å². The first-order valence-electron chi connectivity index (χ1n) is 7.70. The van der Waals surface area contributed by atoms with Gasteiger partial charge in [0, 0.05) is 29.3 Å². The number of halogens is 4. The van der Waals surface area contributed by atoms with Crippen molar-refractivity contribution in [2.24, 2.45) is 0 Å².